The monoisotopic (exact) mass is 296 g/mol. The Morgan fingerprint density at radius 1 is 1.05 bits per heavy atom. The van der Waals surface area contributed by atoms with Crippen LogP contribution in [0.15, 0.2) is 0 Å². The molecule has 126 valence electrons. The molecule has 0 saturated carbocycles. The standard InChI is InChI=1S/C19H40N2/c1-8-19(9-2,14-20-16(3)4)15-21-12-10-17(11-13-21)18(5,6)7/h16-17,20H,8-15H2,1-7H3. The molecule has 1 saturated heterocycles. The predicted molar refractivity (Wildman–Crippen MR) is 94.8 cm³/mol. The second-order valence-electron chi connectivity index (χ2n) is 8.66. The maximum absolute atomic E-state index is 3.68. The topological polar surface area (TPSA) is 15.3 Å². The predicted octanol–water partition coefficient (Wildman–Crippen LogP) is 4.55. The number of likely N-dealkylation sites (tertiary alicyclic amines) is 1. The van der Waals surface area contributed by atoms with E-state index in [9.17, 15) is 0 Å². The minimum absolute atomic E-state index is 0.457. The number of piperidine rings is 1. The molecular formula is C19H40N2. The summed E-state index contributed by atoms with van der Waals surface area (Å²) >= 11 is 0. The average Bonchev–Trinajstić information content (AvgIpc) is 2.43. The van der Waals surface area contributed by atoms with Gasteiger partial charge in [0.05, 0.1) is 0 Å². The fraction of sp³-hybridized carbons (Fsp3) is 1.00. The van der Waals surface area contributed by atoms with Gasteiger partial charge in [-0.15, -0.1) is 0 Å². The summed E-state index contributed by atoms with van der Waals surface area (Å²) in [6.07, 6.45) is 5.32. The van der Waals surface area contributed by atoms with Crippen LogP contribution >= 0.6 is 0 Å². The Bertz CT molecular complexity index is 278. The first-order valence-electron chi connectivity index (χ1n) is 9.18. The van der Waals surface area contributed by atoms with E-state index in [1.165, 1.54) is 45.3 Å². The van der Waals surface area contributed by atoms with Gasteiger partial charge in [-0.1, -0.05) is 48.5 Å². The van der Waals surface area contributed by atoms with Crippen LogP contribution in [0.1, 0.15) is 74.1 Å². The van der Waals surface area contributed by atoms with Crippen molar-refractivity contribution in [1.82, 2.24) is 10.2 Å². The molecule has 1 aliphatic heterocycles. The third kappa shape index (κ3) is 5.90. The Labute approximate surface area is 134 Å². The van der Waals surface area contributed by atoms with Crippen molar-refractivity contribution in [3.63, 3.8) is 0 Å². The third-order valence-corrected chi connectivity index (χ3v) is 5.76. The highest BCUT2D eigenvalue weighted by Crippen LogP contribution is 2.36. The van der Waals surface area contributed by atoms with Crippen molar-refractivity contribution < 1.29 is 0 Å². The van der Waals surface area contributed by atoms with E-state index < -0.39 is 0 Å². The molecular weight excluding hydrogens is 256 g/mol. The van der Waals surface area contributed by atoms with Gasteiger partial charge in [0.25, 0.3) is 0 Å². The van der Waals surface area contributed by atoms with Crippen LogP contribution in [0.3, 0.4) is 0 Å². The number of hydrogen-bond acceptors (Lipinski definition) is 2. The van der Waals surface area contributed by atoms with Crippen LogP contribution in [0, 0.1) is 16.7 Å². The molecule has 1 rings (SSSR count). The molecule has 0 aromatic carbocycles. The van der Waals surface area contributed by atoms with Crippen molar-refractivity contribution >= 4 is 0 Å². The van der Waals surface area contributed by atoms with Crippen LogP contribution in [0.2, 0.25) is 0 Å². The van der Waals surface area contributed by atoms with Gasteiger partial charge < -0.3 is 10.2 Å². The SMILES string of the molecule is CCC(CC)(CNC(C)C)CN1CCC(C(C)(C)C)CC1. The van der Waals surface area contributed by atoms with E-state index in [1.807, 2.05) is 0 Å². The van der Waals surface area contributed by atoms with E-state index >= 15 is 0 Å². The second-order valence-corrected chi connectivity index (χ2v) is 8.66. The highest BCUT2D eigenvalue weighted by molar-refractivity contribution is 4.87. The van der Waals surface area contributed by atoms with Crippen molar-refractivity contribution in [3.8, 4) is 0 Å². The summed E-state index contributed by atoms with van der Waals surface area (Å²) in [5, 5.41) is 3.68. The van der Waals surface area contributed by atoms with Crippen molar-refractivity contribution in [2.75, 3.05) is 26.2 Å². The number of nitrogens with one attached hydrogen (secondary N) is 1. The average molecular weight is 297 g/mol. The molecule has 0 atom stereocenters. The lowest BCUT2D eigenvalue weighted by Crippen LogP contribution is -2.48. The molecule has 21 heavy (non-hydrogen) atoms. The van der Waals surface area contributed by atoms with Crippen LogP contribution in [-0.2, 0) is 0 Å². The van der Waals surface area contributed by atoms with E-state index in [0.717, 1.165) is 12.5 Å². The molecule has 0 bridgehead atoms. The highest BCUT2D eigenvalue weighted by atomic mass is 15.1. The number of nitrogens with zero attached hydrogens (tertiary/aromatic N) is 1. The molecule has 1 heterocycles. The molecule has 1 fully saturated rings. The minimum atomic E-state index is 0.457. The maximum Gasteiger partial charge on any atom is 0.00499 e. The molecule has 1 aliphatic rings. The van der Waals surface area contributed by atoms with Gasteiger partial charge in [0.1, 0.15) is 0 Å². The number of rotatable bonds is 7. The molecule has 2 heteroatoms. The van der Waals surface area contributed by atoms with Crippen molar-refractivity contribution in [2.45, 2.75) is 80.2 Å². The smallest absolute Gasteiger partial charge is 0.00499 e. The summed E-state index contributed by atoms with van der Waals surface area (Å²) in [5.41, 5.74) is 0.941. The summed E-state index contributed by atoms with van der Waals surface area (Å²) in [6, 6.07) is 0.592. The van der Waals surface area contributed by atoms with Crippen LogP contribution in [0.5, 0.6) is 0 Å². The molecule has 0 amide bonds. The molecule has 0 spiro atoms. The van der Waals surface area contributed by atoms with E-state index in [1.54, 1.807) is 0 Å². The first kappa shape index (κ1) is 19.0. The zero-order chi connectivity index (χ0) is 16.1. The zero-order valence-corrected chi connectivity index (χ0v) is 15.8. The van der Waals surface area contributed by atoms with Gasteiger partial charge in [-0.2, -0.15) is 0 Å². The van der Waals surface area contributed by atoms with Gasteiger partial charge >= 0.3 is 0 Å². The van der Waals surface area contributed by atoms with Gasteiger partial charge in [-0.3, -0.25) is 0 Å². The Balaban J connectivity index is 2.53. The molecule has 0 unspecified atom stereocenters. The Morgan fingerprint density at radius 2 is 1.57 bits per heavy atom. The summed E-state index contributed by atoms with van der Waals surface area (Å²) in [4.78, 5) is 2.73. The lowest BCUT2D eigenvalue weighted by atomic mass is 9.74. The summed E-state index contributed by atoms with van der Waals surface area (Å²) in [6.45, 7) is 21.5. The van der Waals surface area contributed by atoms with E-state index in [0.29, 0.717) is 16.9 Å². The summed E-state index contributed by atoms with van der Waals surface area (Å²) in [7, 11) is 0. The van der Waals surface area contributed by atoms with E-state index in [4.69, 9.17) is 0 Å². The second kappa shape index (κ2) is 7.97. The van der Waals surface area contributed by atoms with Gasteiger partial charge in [0.2, 0.25) is 0 Å². The lowest BCUT2D eigenvalue weighted by molar-refractivity contribution is 0.0685. The normalized spacial score (nSPS) is 19.4. The molecule has 0 radical (unpaired) electrons. The van der Waals surface area contributed by atoms with Crippen LogP contribution < -0.4 is 5.32 Å². The Kier molecular flexibility index (Phi) is 7.19. The Hall–Kier alpha value is -0.0800. The fourth-order valence-corrected chi connectivity index (χ4v) is 3.63. The van der Waals surface area contributed by atoms with Crippen molar-refractivity contribution in [3.05, 3.63) is 0 Å². The zero-order valence-electron chi connectivity index (χ0n) is 15.8. The van der Waals surface area contributed by atoms with Gasteiger partial charge in [0.15, 0.2) is 0 Å². The van der Waals surface area contributed by atoms with E-state index in [2.05, 4.69) is 58.7 Å². The summed E-state index contributed by atoms with van der Waals surface area (Å²) in [5.74, 6) is 0.903. The maximum atomic E-state index is 3.68. The van der Waals surface area contributed by atoms with Crippen LogP contribution in [0.25, 0.3) is 0 Å². The summed E-state index contributed by atoms with van der Waals surface area (Å²) < 4.78 is 0. The molecule has 0 aromatic heterocycles. The fourth-order valence-electron chi connectivity index (χ4n) is 3.63. The van der Waals surface area contributed by atoms with Gasteiger partial charge in [-0.05, 0) is 55.5 Å². The highest BCUT2D eigenvalue weighted by Gasteiger charge is 2.33. The Morgan fingerprint density at radius 3 is 1.95 bits per heavy atom. The first-order valence-corrected chi connectivity index (χ1v) is 9.18. The van der Waals surface area contributed by atoms with Gasteiger partial charge in [-0.25, -0.2) is 0 Å². The van der Waals surface area contributed by atoms with Crippen molar-refractivity contribution in [2.24, 2.45) is 16.7 Å². The third-order valence-electron chi connectivity index (χ3n) is 5.76. The number of hydrogen-bond donors (Lipinski definition) is 1. The first-order chi connectivity index (χ1) is 9.72. The van der Waals surface area contributed by atoms with Crippen molar-refractivity contribution in [1.29, 1.82) is 0 Å². The van der Waals surface area contributed by atoms with E-state index in [-0.39, 0.29) is 0 Å². The molecule has 2 nitrogen and oxygen atoms in total. The largest absolute Gasteiger partial charge is 0.314 e. The van der Waals surface area contributed by atoms with Gasteiger partial charge in [0, 0.05) is 19.1 Å². The lowest BCUT2D eigenvalue weighted by Gasteiger charge is -2.43. The van der Waals surface area contributed by atoms with Crippen LogP contribution in [0.4, 0.5) is 0 Å². The molecule has 0 aromatic rings. The quantitative estimate of drug-likeness (QED) is 0.741. The molecule has 0 aliphatic carbocycles. The van der Waals surface area contributed by atoms with Crippen LogP contribution in [-0.4, -0.2) is 37.1 Å². The molecule has 1 N–H and O–H groups in total. The minimum Gasteiger partial charge on any atom is -0.314 e.